The molecule has 0 amide bonds. The fourth-order valence-corrected chi connectivity index (χ4v) is 7.55. The van der Waals surface area contributed by atoms with Crippen molar-refractivity contribution in [2.45, 2.75) is 0 Å². The first-order valence-corrected chi connectivity index (χ1v) is 11.9. The smallest absolute Gasteiger partial charge is 0.346 e. The Morgan fingerprint density at radius 1 is 0.516 bits per heavy atom. The Morgan fingerprint density at radius 2 is 0.871 bits per heavy atom. The highest BCUT2D eigenvalue weighted by molar-refractivity contribution is 9.11. The average Bonchev–Trinajstić information content (AvgIpc) is 2.68. The summed E-state index contributed by atoms with van der Waals surface area (Å²) in [6.45, 7) is 0. The molecule has 5 aromatic carbocycles. The number of rotatable bonds is 0. The molecule has 0 fully saturated rings. The highest BCUT2D eigenvalue weighted by Gasteiger charge is 2.33. The topological polar surface area (TPSA) is 43.4 Å². The van der Waals surface area contributed by atoms with Gasteiger partial charge >= 0.3 is 11.9 Å². The summed E-state index contributed by atoms with van der Waals surface area (Å²) in [5.41, 5.74) is 0.384. The molecule has 0 radical (unpaired) electrons. The van der Waals surface area contributed by atoms with Crippen LogP contribution in [-0.2, 0) is 4.74 Å². The van der Waals surface area contributed by atoms with E-state index in [1.54, 1.807) is 12.1 Å². The molecule has 1 aliphatic heterocycles. The fraction of sp³-hybridized carbons (Fsp3) is 0. The Bertz CT molecular complexity index is 1600. The molecule has 0 N–H and O–H groups in total. The summed E-state index contributed by atoms with van der Waals surface area (Å²) in [6, 6.07) is 6.56. The minimum atomic E-state index is -0.765. The number of hydrogen-bond acceptors (Lipinski definition) is 3. The molecule has 0 spiro atoms. The van der Waals surface area contributed by atoms with Crippen molar-refractivity contribution in [2.75, 3.05) is 0 Å². The first-order chi connectivity index (χ1) is 14.7. The van der Waals surface area contributed by atoms with Gasteiger partial charge in [-0.25, -0.2) is 9.59 Å². The third-order valence-electron chi connectivity index (χ3n) is 5.65. The van der Waals surface area contributed by atoms with Gasteiger partial charge in [0.1, 0.15) is 0 Å². The van der Waals surface area contributed by atoms with Gasteiger partial charge in [-0.2, -0.15) is 0 Å². The molecule has 0 saturated carbocycles. The molecule has 31 heavy (non-hydrogen) atoms. The van der Waals surface area contributed by atoms with Gasteiger partial charge in [0.25, 0.3) is 0 Å². The summed E-state index contributed by atoms with van der Waals surface area (Å²) in [6.07, 6.45) is 0. The lowest BCUT2D eigenvalue weighted by molar-refractivity contribution is 0.0391. The van der Waals surface area contributed by atoms with E-state index in [9.17, 15) is 9.59 Å². The summed E-state index contributed by atoms with van der Waals surface area (Å²) in [5.74, 6) is -1.53. The van der Waals surface area contributed by atoms with Gasteiger partial charge < -0.3 is 4.74 Å². The molecule has 152 valence electrons. The molecule has 3 nitrogen and oxygen atoms in total. The normalized spacial score (nSPS) is 13.9. The van der Waals surface area contributed by atoms with Crippen LogP contribution in [0.25, 0.3) is 43.1 Å². The lowest BCUT2D eigenvalue weighted by Gasteiger charge is -2.23. The molecule has 5 aromatic rings. The Morgan fingerprint density at radius 3 is 1.29 bits per heavy atom. The van der Waals surface area contributed by atoms with E-state index in [2.05, 4.69) is 31.9 Å². The lowest BCUT2D eigenvalue weighted by atomic mass is 9.85. The summed E-state index contributed by atoms with van der Waals surface area (Å²) in [5, 5.41) is 6.52. The summed E-state index contributed by atoms with van der Waals surface area (Å²) in [4.78, 5) is 25.0. The minimum Gasteiger partial charge on any atom is -0.386 e. The second kappa shape index (κ2) is 6.60. The molecular formula is C22H4Br2Cl4O3. The molecule has 6 rings (SSSR count). The summed E-state index contributed by atoms with van der Waals surface area (Å²) < 4.78 is 6.42. The highest BCUT2D eigenvalue weighted by Crippen LogP contribution is 2.53. The monoisotopic (exact) mass is 614 g/mol. The van der Waals surface area contributed by atoms with Gasteiger partial charge in [0.2, 0.25) is 0 Å². The zero-order valence-corrected chi connectivity index (χ0v) is 21.0. The van der Waals surface area contributed by atoms with Crippen molar-refractivity contribution >= 4 is 133 Å². The van der Waals surface area contributed by atoms with Gasteiger partial charge in [-0.3, -0.25) is 0 Å². The number of halogens is 6. The third-order valence-corrected chi connectivity index (χ3v) is 8.09. The molecular weight excluding hydrogens is 614 g/mol. The van der Waals surface area contributed by atoms with E-state index in [0.29, 0.717) is 42.4 Å². The van der Waals surface area contributed by atoms with Crippen LogP contribution < -0.4 is 0 Å². The molecule has 0 saturated heterocycles. The maximum absolute atomic E-state index is 12.5. The van der Waals surface area contributed by atoms with Crippen LogP contribution in [0.2, 0.25) is 20.1 Å². The summed E-state index contributed by atoms with van der Waals surface area (Å²) >= 11 is 34.1. The number of cyclic esters (lactones) is 2. The fourth-order valence-electron chi connectivity index (χ4n) is 4.54. The van der Waals surface area contributed by atoms with Crippen molar-refractivity contribution in [2.24, 2.45) is 0 Å². The number of fused-ring (bicyclic) bond motifs is 2. The maximum atomic E-state index is 12.5. The lowest BCUT2D eigenvalue weighted by Crippen LogP contribution is -2.20. The van der Waals surface area contributed by atoms with Crippen molar-refractivity contribution in [1.29, 1.82) is 0 Å². The molecule has 0 atom stereocenters. The standard InChI is InChI=1S/C22H4Br2Cl4O3/c23-7-3-11(27)17-15-9(25)1-5-13-6(22(30)31-21(5)29)2-10(26)16(19(13)15)18-12(28)4-8(24)14(7)20(17)18/h1-4H. The molecule has 1 heterocycles. The van der Waals surface area contributed by atoms with Gasteiger partial charge in [0, 0.05) is 62.1 Å². The molecule has 1 aliphatic rings. The number of esters is 2. The Hall–Kier alpha value is -1.34. The van der Waals surface area contributed by atoms with Crippen LogP contribution in [-0.4, -0.2) is 11.9 Å². The Labute approximate surface area is 210 Å². The van der Waals surface area contributed by atoms with Crippen molar-refractivity contribution in [3.63, 3.8) is 0 Å². The van der Waals surface area contributed by atoms with Crippen molar-refractivity contribution in [3.05, 3.63) is 64.4 Å². The van der Waals surface area contributed by atoms with E-state index in [1.165, 1.54) is 12.1 Å². The Kier molecular flexibility index (Phi) is 4.31. The Balaban J connectivity index is 2.13. The predicted octanol–water partition coefficient (Wildman–Crippen LogP) is 9.19. The van der Waals surface area contributed by atoms with Crippen LogP contribution >= 0.6 is 78.3 Å². The van der Waals surface area contributed by atoms with Crippen LogP contribution in [0.5, 0.6) is 0 Å². The molecule has 0 aliphatic carbocycles. The van der Waals surface area contributed by atoms with Crippen LogP contribution in [0.4, 0.5) is 0 Å². The molecule has 0 bridgehead atoms. The van der Waals surface area contributed by atoms with E-state index < -0.39 is 11.9 Å². The average molecular weight is 618 g/mol. The summed E-state index contributed by atoms with van der Waals surface area (Å²) in [7, 11) is 0. The number of carbonyl (C=O) groups excluding carboxylic acids is 2. The van der Waals surface area contributed by atoms with E-state index >= 15 is 0 Å². The van der Waals surface area contributed by atoms with E-state index in [4.69, 9.17) is 51.1 Å². The zero-order chi connectivity index (χ0) is 21.9. The second-order valence-corrected chi connectivity index (χ2v) is 10.5. The van der Waals surface area contributed by atoms with E-state index in [1.807, 2.05) is 0 Å². The zero-order valence-electron chi connectivity index (χ0n) is 14.8. The van der Waals surface area contributed by atoms with E-state index in [0.717, 1.165) is 19.7 Å². The van der Waals surface area contributed by atoms with Crippen molar-refractivity contribution < 1.29 is 14.3 Å². The van der Waals surface area contributed by atoms with Gasteiger partial charge in [-0.15, -0.1) is 0 Å². The van der Waals surface area contributed by atoms with Crippen molar-refractivity contribution in [1.82, 2.24) is 0 Å². The van der Waals surface area contributed by atoms with Gasteiger partial charge in [0.15, 0.2) is 0 Å². The predicted molar refractivity (Wildman–Crippen MR) is 133 cm³/mol. The third kappa shape index (κ3) is 2.48. The van der Waals surface area contributed by atoms with Crippen molar-refractivity contribution in [3.8, 4) is 0 Å². The van der Waals surface area contributed by atoms with Crippen LogP contribution in [0.1, 0.15) is 20.7 Å². The van der Waals surface area contributed by atoms with Crippen LogP contribution in [0.3, 0.4) is 0 Å². The van der Waals surface area contributed by atoms with Gasteiger partial charge in [0.05, 0.1) is 21.2 Å². The number of carbonyl (C=O) groups is 2. The quantitative estimate of drug-likeness (QED) is 0.0753. The van der Waals surface area contributed by atoms with Crippen LogP contribution in [0, 0.1) is 0 Å². The number of hydrogen-bond donors (Lipinski definition) is 0. The van der Waals surface area contributed by atoms with Crippen LogP contribution in [0.15, 0.2) is 33.2 Å². The number of benzene rings is 5. The second-order valence-electron chi connectivity index (χ2n) is 7.17. The highest BCUT2D eigenvalue weighted by atomic mass is 79.9. The van der Waals surface area contributed by atoms with E-state index in [-0.39, 0.29) is 21.2 Å². The number of ether oxygens (including phenoxy) is 1. The molecule has 0 unspecified atom stereocenters. The minimum absolute atomic E-state index is 0.192. The first-order valence-electron chi connectivity index (χ1n) is 8.76. The van der Waals surface area contributed by atoms with Gasteiger partial charge in [-0.1, -0.05) is 78.3 Å². The maximum Gasteiger partial charge on any atom is 0.346 e. The van der Waals surface area contributed by atoms with Gasteiger partial charge in [-0.05, 0) is 24.3 Å². The molecule has 0 aromatic heterocycles. The molecule has 9 heteroatoms. The first kappa shape index (κ1) is 20.3. The SMILES string of the molecule is O=C1OC(=O)c2cc(Cl)c3c4c(Cl)cc(Br)c5c(Br)cc(Cl)c(c6c(Cl)cc1c2c63)c54. The largest absolute Gasteiger partial charge is 0.386 e.